The van der Waals surface area contributed by atoms with Gasteiger partial charge < -0.3 is 23.9 Å². The summed E-state index contributed by atoms with van der Waals surface area (Å²) < 4.78 is 27.5. The molecule has 1 N–H and O–H groups in total. The van der Waals surface area contributed by atoms with Crippen LogP contribution in [0.2, 0.25) is 5.02 Å². The van der Waals surface area contributed by atoms with E-state index in [1.54, 1.807) is 36.5 Å². The molecule has 208 valence electrons. The number of carboxylic acid groups (broad SMARTS) is 1. The molecular formula is C29H29ClFN5O4. The third kappa shape index (κ3) is 5.74. The minimum absolute atomic E-state index is 0.0639. The topological polar surface area (TPSA) is 92.4 Å². The highest BCUT2D eigenvalue weighted by atomic mass is 35.5. The van der Waals surface area contributed by atoms with Crippen LogP contribution in [0.5, 0.6) is 5.88 Å². The summed E-state index contributed by atoms with van der Waals surface area (Å²) in [6.45, 7) is 4.68. The molecule has 5 heterocycles. The van der Waals surface area contributed by atoms with Crippen molar-refractivity contribution in [2.24, 2.45) is 0 Å². The molecule has 1 unspecified atom stereocenters. The number of nitrogens with zero attached hydrogens (tertiary/aromatic N) is 5. The van der Waals surface area contributed by atoms with Gasteiger partial charge in [-0.15, -0.1) is 0 Å². The summed E-state index contributed by atoms with van der Waals surface area (Å²) in [5.41, 5.74) is 3.35. The maximum absolute atomic E-state index is 14.1. The van der Waals surface area contributed by atoms with Crippen LogP contribution in [0.15, 0.2) is 54.7 Å². The van der Waals surface area contributed by atoms with E-state index in [1.165, 1.54) is 6.07 Å². The van der Waals surface area contributed by atoms with Gasteiger partial charge in [0, 0.05) is 74.3 Å². The highest BCUT2D eigenvalue weighted by Gasteiger charge is 2.26. The van der Waals surface area contributed by atoms with Gasteiger partial charge in [0.1, 0.15) is 23.9 Å². The minimum atomic E-state index is -0.959. The van der Waals surface area contributed by atoms with E-state index in [9.17, 15) is 14.3 Å². The molecule has 9 nitrogen and oxygen atoms in total. The fourth-order valence-electron chi connectivity index (χ4n) is 5.07. The summed E-state index contributed by atoms with van der Waals surface area (Å²) in [7, 11) is 0. The van der Waals surface area contributed by atoms with Crippen LogP contribution in [0.25, 0.3) is 5.65 Å². The fourth-order valence-corrected chi connectivity index (χ4v) is 5.23. The molecule has 6 rings (SSSR count). The third-order valence-corrected chi connectivity index (χ3v) is 7.67. The van der Waals surface area contributed by atoms with Crippen LogP contribution in [0.4, 0.5) is 10.2 Å². The quantitative estimate of drug-likeness (QED) is 0.318. The van der Waals surface area contributed by atoms with Crippen molar-refractivity contribution in [2.75, 3.05) is 37.7 Å². The molecule has 1 aromatic carbocycles. The molecule has 2 aliphatic heterocycles. The standard InChI is InChI=1S/C29H29ClFN5O4/c30-21-6-4-20(23(31)14-21)18-40-28-3-1-2-26(33-28)35-11-9-34(10-12-35)17-24-25(15-22-8-13-39-22)36-16-19(29(37)38)5-7-27(36)32-24/h1-7,14,16,22H,8-13,15,17-18H2,(H,37,38). The largest absolute Gasteiger partial charge is 0.478 e. The van der Waals surface area contributed by atoms with Gasteiger partial charge in [0.25, 0.3) is 0 Å². The molecule has 40 heavy (non-hydrogen) atoms. The Kier molecular flexibility index (Phi) is 7.55. The van der Waals surface area contributed by atoms with Crippen molar-refractivity contribution in [3.05, 3.63) is 88.1 Å². The van der Waals surface area contributed by atoms with Gasteiger partial charge in [0.15, 0.2) is 0 Å². The smallest absolute Gasteiger partial charge is 0.337 e. The number of piperazine rings is 1. The molecule has 2 fully saturated rings. The monoisotopic (exact) mass is 565 g/mol. The van der Waals surface area contributed by atoms with Crippen molar-refractivity contribution in [1.29, 1.82) is 0 Å². The number of fused-ring (bicyclic) bond motifs is 1. The van der Waals surface area contributed by atoms with E-state index < -0.39 is 11.8 Å². The Hall–Kier alpha value is -3.73. The number of hydrogen-bond acceptors (Lipinski definition) is 7. The number of benzene rings is 1. The lowest BCUT2D eigenvalue weighted by Gasteiger charge is -2.35. The third-order valence-electron chi connectivity index (χ3n) is 7.43. The summed E-state index contributed by atoms with van der Waals surface area (Å²) in [4.78, 5) is 25.6. The minimum Gasteiger partial charge on any atom is -0.478 e. The highest BCUT2D eigenvalue weighted by Crippen LogP contribution is 2.25. The Morgan fingerprint density at radius 3 is 2.67 bits per heavy atom. The average molecular weight is 566 g/mol. The number of hydrogen-bond donors (Lipinski definition) is 1. The van der Waals surface area contributed by atoms with Crippen LogP contribution < -0.4 is 9.64 Å². The first kappa shape index (κ1) is 26.5. The van der Waals surface area contributed by atoms with Crippen molar-refractivity contribution in [3.63, 3.8) is 0 Å². The number of carboxylic acids is 1. The van der Waals surface area contributed by atoms with E-state index in [0.717, 1.165) is 62.1 Å². The molecule has 11 heteroatoms. The summed E-state index contributed by atoms with van der Waals surface area (Å²) in [6.07, 6.45) is 3.49. The van der Waals surface area contributed by atoms with E-state index in [1.807, 2.05) is 16.5 Å². The zero-order valence-corrected chi connectivity index (χ0v) is 22.6. The van der Waals surface area contributed by atoms with Crippen molar-refractivity contribution in [2.45, 2.75) is 32.1 Å². The molecule has 0 radical (unpaired) electrons. The molecule has 0 saturated carbocycles. The van der Waals surface area contributed by atoms with Crippen LogP contribution in [0, 0.1) is 5.82 Å². The second-order valence-electron chi connectivity index (χ2n) is 10.1. The molecule has 3 aromatic heterocycles. The summed E-state index contributed by atoms with van der Waals surface area (Å²) in [5.74, 6) is -0.122. The van der Waals surface area contributed by atoms with Crippen LogP contribution in [0.1, 0.15) is 33.7 Å². The van der Waals surface area contributed by atoms with Crippen LogP contribution in [0.3, 0.4) is 0 Å². The van der Waals surface area contributed by atoms with Gasteiger partial charge in [-0.2, -0.15) is 4.98 Å². The van der Waals surface area contributed by atoms with E-state index in [0.29, 0.717) is 29.4 Å². The van der Waals surface area contributed by atoms with Crippen molar-refractivity contribution in [1.82, 2.24) is 19.3 Å². The average Bonchev–Trinajstić information content (AvgIpc) is 3.26. The highest BCUT2D eigenvalue weighted by molar-refractivity contribution is 6.30. The number of pyridine rings is 2. The molecule has 0 amide bonds. The lowest BCUT2D eigenvalue weighted by atomic mass is 10.1. The molecule has 1 atom stereocenters. The predicted molar refractivity (Wildman–Crippen MR) is 148 cm³/mol. The number of imidazole rings is 1. The molecule has 2 aliphatic rings. The second kappa shape index (κ2) is 11.4. The lowest BCUT2D eigenvalue weighted by Crippen LogP contribution is -2.46. The van der Waals surface area contributed by atoms with Crippen LogP contribution in [-0.2, 0) is 24.3 Å². The van der Waals surface area contributed by atoms with Gasteiger partial charge in [-0.1, -0.05) is 23.7 Å². The van der Waals surface area contributed by atoms with Crippen molar-refractivity contribution in [3.8, 4) is 5.88 Å². The van der Waals surface area contributed by atoms with E-state index >= 15 is 0 Å². The zero-order chi connectivity index (χ0) is 27.6. The summed E-state index contributed by atoms with van der Waals surface area (Å²) in [6, 6.07) is 13.5. The summed E-state index contributed by atoms with van der Waals surface area (Å²) in [5, 5.41) is 9.82. The Labute approximate surface area is 235 Å². The number of rotatable bonds is 9. The second-order valence-corrected chi connectivity index (χ2v) is 10.5. The van der Waals surface area contributed by atoms with Crippen LogP contribution in [-0.4, -0.2) is 69.2 Å². The van der Waals surface area contributed by atoms with E-state index in [2.05, 4.69) is 14.8 Å². The maximum Gasteiger partial charge on any atom is 0.337 e. The zero-order valence-electron chi connectivity index (χ0n) is 21.8. The SMILES string of the molecule is O=C(O)c1ccc2nc(CN3CCN(c4cccc(OCc5ccc(Cl)cc5F)n4)CC3)c(CC3CCO3)n2c1. The Bertz CT molecular complexity index is 1530. The maximum atomic E-state index is 14.1. The van der Waals surface area contributed by atoms with Crippen molar-refractivity contribution >= 4 is 29.0 Å². The normalized spacial score (nSPS) is 17.6. The van der Waals surface area contributed by atoms with Gasteiger partial charge in [0.05, 0.1) is 17.4 Å². The predicted octanol–water partition coefficient (Wildman–Crippen LogP) is 4.45. The Balaban J connectivity index is 1.11. The Morgan fingerprint density at radius 1 is 1.12 bits per heavy atom. The molecule has 0 spiro atoms. The first-order valence-electron chi connectivity index (χ1n) is 13.3. The van der Waals surface area contributed by atoms with Crippen molar-refractivity contribution < 1.29 is 23.8 Å². The molecule has 4 aromatic rings. The fraction of sp³-hybridized carbons (Fsp3) is 0.345. The lowest BCUT2D eigenvalue weighted by molar-refractivity contribution is -0.0499. The molecule has 0 aliphatic carbocycles. The summed E-state index contributed by atoms with van der Waals surface area (Å²) >= 11 is 5.84. The number of carbonyl (C=O) groups is 1. The number of aromatic nitrogens is 3. The van der Waals surface area contributed by atoms with Gasteiger partial charge in [-0.3, -0.25) is 4.90 Å². The first-order valence-corrected chi connectivity index (χ1v) is 13.7. The van der Waals surface area contributed by atoms with E-state index in [4.69, 9.17) is 26.1 Å². The molecular weight excluding hydrogens is 537 g/mol. The molecule has 0 bridgehead atoms. The number of anilines is 1. The van der Waals surface area contributed by atoms with Gasteiger partial charge in [-0.05, 0) is 36.8 Å². The molecule has 2 saturated heterocycles. The first-order chi connectivity index (χ1) is 19.4. The van der Waals surface area contributed by atoms with E-state index in [-0.39, 0.29) is 18.3 Å². The van der Waals surface area contributed by atoms with Crippen LogP contribution >= 0.6 is 11.6 Å². The van der Waals surface area contributed by atoms with Gasteiger partial charge in [-0.25, -0.2) is 14.2 Å². The van der Waals surface area contributed by atoms with Gasteiger partial charge >= 0.3 is 5.97 Å². The number of aromatic carboxylic acids is 1. The Morgan fingerprint density at radius 2 is 1.95 bits per heavy atom. The van der Waals surface area contributed by atoms with Gasteiger partial charge in [0.2, 0.25) is 5.88 Å². The number of halogens is 2. The number of ether oxygens (including phenoxy) is 2.